The van der Waals surface area contributed by atoms with Crippen LogP contribution in [0.3, 0.4) is 0 Å². The molecule has 2 heterocycles. The van der Waals surface area contributed by atoms with Gasteiger partial charge in [-0.1, -0.05) is 0 Å². The van der Waals surface area contributed by atoms with Crippen molar-refractivity contribution in [1.82, 2.24) is 0 Å². The van der Waals surface area contributed by atoms with Gasteiger partial charge in [0.15, 0.2) is 0 Å². The van der Waals surface area contributed by atoms with Crippen molar-refractivity contribution < 1.29 is 34.1 Å². The Labute approximate surface area is 170 Å². The standard InChI is InChI=1S/C20H30O6.CHNO/c21-18(22)2-1-7-20(19(23)24,10-12-3-5-14-16(8-12)25-14)11-13-4-6-15-17(9-13)26-15;2-1-3/h12-17H,1-11H2,(H,21,22)(H,23,24);2H. The van der Waals surface area contributed by atoms with Gasteiger partial charge in [-0.05, 0) is 76.0 Å². The molecule has 8 nitrogen and oxygen atoms in total. The Morgan fingerprint density at radius 1 is 0.931 bits per heavy atom. The van der Waals surface area contributed by atoms with Gasteiger partial charge in [0.05, 0.1) is 29.8 Å². The number of hydrogen-bond donors (Lipinski definition) is 3. The highest BCUT2D eigenvalue weighted by Crippen LogP contribution is 2.50. The molecule has 0 aromatic heterocycles. The summed E-state index contributed by atoms with van der Waals surface area (Å²) >= 11 is 0. The summed E-state index contributed by atoms with van der Waals surface area (Å²) in [5, 5.41) is 24.6. The van der Waals surface area contributed by atoms with Crippen molar-refractivity contribution >= 4 is 18.0 Å². The van der Waals surface area contributed by atoms with Crippen molar-refractivity contribution in [2.45, 2.75) is 95.0 Å². The number of nitrogens with one attached hydrogen (secondary N) is 1. The Morgan fingerprint density at radius 2 is 1.41 bits per heavy atom. The molecule has 2 saturated carbocycles. The van der Waals surface area contributed by atoms with E-state index < -0.39 is 17.4 Å². The molecule has 2 saturated heterocycles. The second kappa shape index (κ2) is 9.37. The number of rotatable bonds is 9. The van der Waals surface area contributed by atoms with Gasteiger partial charge in [0.1, 0.15) is 0 Å². The lowest BCUT2D eigenvalue weighted by molar-refractivity contribution is -0.153. The molecule has 0 spiro atoms. The summed E-state index contributed by atoms with van der Waals surface area (Å²) in [4.78, 5) is 31.7. The van der Waals surface area contributed by atoms with Gasteiger partial charge in [-0.25, -0.2) is 10.2 Å². The lowest BCUT2D eigenvalue weighted by Crippen LogP contribution is -2.37. The van der Waals surface area contributed by atoms with Crippen LogP contribution in [0.5, 0.6) is 0 Å². The number of fused-ring (bicyclic) bond motifs is 2. The third-order valence-electron chi connectivity index (χ3n) is 7.08. The van der Waals surface area contributed by atoms with Gasteiger partial charge in [0.2, 0.25) is 6.08 Å². The Morgan fingerprint density at radius 3 is 1.79 bits per heavy atom. The number of carbonyl (C=O) groups excluding carboxylic acids is 1. The molecule has 0 aromatic rings. The Kier molecular flexibility index (Phi) is 7.09. The zero-order valence-corrected chi connectivity index (χ0v) is 16.7. The SMILES string of the molecule is N=C=O.O=C(O)CCCC(CC1CCC2OC2C1)(CC1CCC2OC2C1)C(=O)O. The number of aliphatic carboxylic acids is 2. The first-order chi connectivity index (χ1) is 13.9. The molecular formula is C21H31NO7. The zero-order valence-electron chi connectivity index (χ0n) is 16.7. The fourth-order valence-electron chi connectivity index (χ4n) is 5.60. The largest absolute Gasteiger partial charge is 0.481 e. The molecule has 2 aliphatic heterocycles. The summed E-state index contributed by atoms with van der Waals surface area (Å²) in [6.07, 6.45) is 10.6. The topological polar surface area (TPSA) is 141 Å². The first-order valence-corrected chi connectivity index (χ1v) is 10.7. The Balaban J connectivity index is 0.000000755. The number of hydrogen-bond acceptors (Lipinski definition) is 6. The van der Waals surface area contributed by atoms with Crippen LogP contribution >= 0.6 is 0 Å². The normalized spacial score (nSPS) is 36.1. The van der Waals surface area contributed by atoms with Crippen LogP contribution in [-0.4, -0.2) is 52.6 Å². The van der Waals surface area contributed by atoms with Crippen LogP contribution in [0.2, 0.25) is 0 Å². The average molecular weight is 409 g/mol. The third-order valence-corrected chi connectivity index (χ3v) is 7.08. The molecule has 6 atom stereocenters. The van der Waals surface area contributed by atoms with Gasteiger partial charge < -0.3 is 19.7 Å². The Bertz CT molecular complexity index is 615. The molecule has 3 N–H and O–H groups in total. The average Bonchev–Trinajstić information content (AvgIpc) is 3.55. The number of carboxylic acids is 2. The van der Waals surface area contributed by atoms with Crippen molar-refractivity contribution in [2.75, 3.05) is 0 Å². The lowest BCUT2D eigenvalue weighted by Gasteiger charge is -2.37. The highest BCUT2D eigenvalue weighted by Gasteiger charge is 2.50. The van der Waals surface area contributed by atoms with Gasteiger partial charge in [-0.2, -0.15) is 0 Å². The smallest absolute Gasteiger partial charge is 0.309 e. The minimum Gasteiger partial charge on any atom is -0.481 e. The number of carboxylic acid groups (broad SMARTS) is 2. The van der Waals surface area contributed by atoms with Crippen LogP contribution in [0, 0.1) is 22.7 Å². The third kappa shape index (κ3) is 5.87. The maximum Gasteiger partial charge on any atom is 0.309 e. The summed E-state index contributed by atoms with van der Waals surface area (Å²) in [5.41, 5.74) is -0.797. The fourth-order valence-corrected chi connectivity index (χ4v) is 5.60. The Hall–Kier alpha value is -1.76. The van der Waals surface area contributed by atoms with E-state index in [1.807, 2.05) is 0 Å². The summed E-state index contributed by atoms with van der Waals surface area (Å²) in [6, 6.07) is 0. The van der Waals surface area contributed by atoms with E-state index in [0.29, 0.717) is 61.9 Å². The van der Waals surface area contributed by atoms with Crippen molar-refractivity contribution in [3.8, 4) is 0 Å². The van der Waals surface area contributed by atoms with Crippen LogP contribution in [0.1, 0.15) is 70.6 Å². The molecule has 2 aliphatic carbocycles. The first kappa shape index (κ1) is 21.9. The molecular weight excluding hydrogens is 378 g/mol. The van der Waals surface area contributed by atoms with Gasteiger partial charge in [0.25, 0.3) is 0 Å². The summed E-state index contributed by atoms with van der Waals surface area (Å²) in [7, 11) is 0. The fraction of sp³-hybridized carbons (Fsp3) is 0.857. The van der Waals surface area contributed by atoms with Gasteiger partial charge >= 0.3 is 11.9 Å². The second-order valence-corrected chi connectivity index (χ2v) is 9.13. The van der Waals surface area contributed by atoms with Crippen molar-refractivity contribution in [1.29, 1.82) is 5.41 Å². The summed E-state index contributed by atoms with van der Waals surface area (Å²) in [6.45, 7) is 0. The first-order valence-electron chi connectivity index (χ1n) is 10.7. The van der Waals surface area contributed by atoms with E-state index in [1.165, 1.54) is 0 Å². The molecule has 0 amide bonds. The zero-order chi connectivity index (χ0) is 21.0. The predicted molar refractivity (Wildman–Crippen MR) is 101 cm³/mol. The van der Waals surface area contributed by atoms with Crippen molar-refractivity contribution in [3.05, 3.63) is 0 Å². The van der Waals surface area contributed by atoms with Crippen LogP contribution in [0.4, 0.5) is 0 Å². The monoisotopic (exact) mass is 409 g/mol. The van der Waals surface area contributed by atoms with E-state index in [1.54, 1.807) is 0 Å². The molecule has 4 rings (SSSR count). The molecule has 4 aliphatic rings. The number of ether oxygens (including phenoxy) is 2. The molecule has 8 heteroatoms. The van der Waals surface area contributed by atoms with Gasteiger partial charge in [-0.15, -0.1) is 0 Å². The van der Waals surface area contributed by atoms with E-state index in [0.717, 1.165) is 44.6 Å². The lowest BCUT2D eigenvalue weighted by atomic mass is 9.66. The van der Waals surface area contributed by atoms with Crippen LogP contribution in [0.25, 0.3) is 0 Å². The number of isocyanates is 1. The minimum absolute atomic E-state index is 0.0476. The van der Waals surface area contributed by atoms with Gasteiger partial charge in [-0.3, -0.25) is 9.59 Å². The molecule has 162 valence electrons. The maximum absolute atomic E-state index is 12.4. The van der Waals surface area contributed by atoms with Crippen LogP contribution in [-0.2, 0) is 23.9 Å². The van der Waals surface area contributed by atoms with Crippen LogP contribution < -0.4 is 0 Å². The molecule has 4 fully saturated rings. The van der Waals surface area contributed by atoms with Gasteiger partial charge in [0, 0.05) is 6.42 Å². The summed E-state index contributed by atoms with van der Waals surface area (Å²) in [5.74, 6) is -0.815. The molecule has 6 unspecified atom stereocenters. The highest BCUT2D eigenvalue weighted by atomic mass is 16.6. The van der Waals surface area contributed by atoms with Crippen molar-refractivity contribution in [2.24, 2.45) is 17.3 Å². The van der Waals surface area contributed by atoms with E-state index in [2.05, 4.69) is 0 Å². The highest BCUT2D eigenvalue weighted by molar-refractivity contribution is 5.75. The minimum atomic E-state index is -0.844. The van der Waals surface area contributed by atoms with Crippen LogP contribution in [0.15, 0.2) is 0 Å². The molecule has 0 bridgehead atoms. The quantitative estimate of drug-likeness (QED) is 0.302. The van der Waals surface area contributed by atoms with Crippen molar-refractivity contribution in [3.63, 3.8) is 0 Å². The van der Waals surface area contributed by atoms with E-state index in [4.69, 9.17) is 24.8 Å². The summed E-state index contributed by atoms with van der Waals surface area (Å²) < 4.78 is 11.2. The molecule has 29 heavy (non-hydrogen) atoms. The second-order valence-electron chi connectivity index (χ2n) is 9.13. The van der Waals surface area contributed by atoms with E-state index >= 15 is 0 Å². The number of carbonyl (C=O) groups is 2. The molecule has 0 aromatic carbocycles. The molecule has 0 radical (unpaired) electrons. The number of epoxide rings is 2. The predicted octanol–water partition coefficient (Wildman–Crippen LogP) is 3.13. The maximum atomic E-state index is 12.4. The van der Waals surface area contributed by atoms with E-state index in [-0.39, 0.29) is 6.42 Å². The van der Waals surface area contributed by atoms with E-state index in [9.17, 15) is 14.7 Å².